The third kappa shape index (κ3) is 3.33. The maximum absolute atomic E-state index is 12.2. The molecule has 0 fully saturated rings. The van der Waals surface area contributed by atoms with Gasteiger partial charge in [-0.15, -0.1) is 0 Å². The fourth-order valence-corrected chi connectivity index (χ4v) is 2.71. The summed E-state index contributed by atoms with van der Waals surface area (Å²) in [6, 6.07) is 11.6. The first-order valence-electron chi connectivity index (χ1n) is 6.89. The second kappa shape index (κ2) is 5.89. The highest BCUT2D eigenvalue weighted by Gasteiger charge is 2.15. The predicted octanol–water partition coefficient (Wildman–Crippen LogP) is 2.54. The number of sulfonamides is 1. The number of nitrogen functional groups attached to an aromatic ring is 1. The van der Waals surface area contributed by atoms with E-state index in [1.165, 1.54) is 12.1 Å². The number of benzene rings is 2. The van der Waals surface area contributed by atoms with E-state index in [1.54, 1.807) is 24.3 Å². The summed E-state index contributed by atoms with van der Waals surface area (Å²) in [5, 5.41) is 0.194. The van der Waals surface area contributed by atoms with E-state index in [1.807, 2.05) is 6.07 Å². The molecule has 0 saturated heterocycles. The Morgan fingerprint density at radius 1 is 1.17 bits per heavy atom. The zero-order valence-electron chi connectivity index (χ0n) is 12.6. The van der Waals surface area contributed by atoms with Crippen molar-refractivity contribution in [3.05, 3.63) is 59.0 Å². The predicted molar refractivity (Wildman–Crippen MR) is 91.9 cm³/mol. The molecule has 1 heterocycles. The highest BCUT2D eigenvalue weighted by atomic mass is 32.2. The number of nitrogens with two attached hydrogens (primary N) is 1. The molecule has 0 radical (unpaired) electrons. The topological polar surface area (TPSA) is 112 Å². The van der Waals surface area contributed by atoms with Gasteiger partial charge in [-0.05, 0) is 18.2 Å². The number of hydrogen-bond donors (Lipinski definition) is 2. The van der Waals surface area contributed by atoms with Crippen LogP contribution in [0.25, 0.3) is 11.0 Å². The number of ether oxygens (including phenoxy) is 1. The van der Waals surface area contributed by atoms with E-state index in [0.717, 1.165) is 12.5 Å². The molecule has 3 aromatic rings. The summed E-state index contributed by atoms with van der Waals surface area (Å²) in [5.41, 5.74) is 5.46. The minimum Gasteiger partial charge on any atom is -0.462 e. The van der Waals surface area contributed by atoms with Crippen LogP contribution in [0.1, 0.15) is 0 Å². The molecule has 7 nitrogen and oxygen atoms in total. The Hall–Kier alpha value is -3.00. The summed E-state index contributed by atoms with van der Waals surface area (Å²) in [6.07, 6.45) is 2.13. The van der Waals surface area contributed by atoms with Crippen LogP contribution < -0.4 is 20.6 Å². The van der Waals surface area contributed by atoms with Gasteiger partial charge in [0.2, 0.25) is 15.5 Å². The van der Waals surface area contributed by atoms with Crippen LogP contribution >= 0.6 is 0 Å². The molecule has 0 aliphatic carbocycles. The number of para-hydroxylation sites is 1. The summed E-state index contributed by atoms with van der Waals surface area (Å²) in [6.45, 7) is 0. The van der Waals surface area contributed by atoms with Crippen molar-refractivity contribution in [3.8, 4) is 11.5 Å². The number of nitrogens with one attached hydrogen (secondary N) is 1. The van der Waals surface area contributed by atoms with E-state index in [-0.39, 0.29) is 28.1 Å². The van der Waals surface area contributed by atoms with Gasteiger partial charge < -0.3 is 14.9 Å². The number of hydrogen-bond acceptors (Lipinski definition) is 6. The number of fused-ring (bicyclic) bond motifs is 1. The molecule has 124 valence electrons. The van der Waals surface area contributed by atoms with Crippen molar-refractivity contribution in [2.75, 3.05) is 16.7 Å². The molecule has 0 bridgehead atoms. The summed E-state index contributed by atoms with van der Waals surface area (Å²) in [5.74, 6) is 0.652. The number of anilines is 2. The van der Waals surface area contributed by atoms with Gasteiger partial charge in [-0.1, -0.05) is 18.2 Å². The second-order valence-electron chi connectivity index (χ2n) is 5.15. The molecule has 0 aliphatic heterocycles. The van der Waals surface area contributed by atoms with Crippen molar-refractivity contribution in [1.29, 1.82) is 0 Å². The van der Waals surface area contributed by atoms with Crippen molar-refractivity contribution in [2.24, 2.45) is 0 Å². The quantitative estimate of drug-likeness (QED) is 0.751. The molecule has 1 aromatic heterocycles. The van der Waals surface area contributed by atoms with Crippen LogP contribution in [0.3, 0.4) is 0 Å². The standard InChI is InChI=1S/C16H14N2O5S/c1-24(20,21)18-13-8-14-11(16(19)12(17)9-22-14)7-15(13)23-10-5-3-2-4-6-10/h2-9,18H,17H2,1H3. The average Bonchev–Trinajstić information content (AvgIpc) is 2.52. The summed E-state index contributed by atoms with van der Waals surface area (Å²) >= 11 is 0. The molecule has 0 saturated carbocycles. The molecule has 2 aromatic carbocycles. The molecule has 0 atom stereocenters. The number of rotatable bonds is 4. The Kier molecular flexibility index (Phi) is 3.90. The Labute approximate surface area is 137 Å². The zero-order valence-corrected chi connectivity index (χ0v) is 13.5. The summed E-state index contributed by atoms with van der Waals surface area (Å²) < 4.78 is 36.5. The second-order valence-corrected chi connectivity index (χ2v) is 6.90. The lowest BCUT2D eigenvalue weighted by Gasteiger charge is -2.13. The fourth-order valence-electron chi connectivity index (χ4n) is 2.15. The van der Waals surface area contributed by atoms with Gasteiger partial charge in [-0.25, -0.2) is 8.42 Å². The van der Waals surface area contributed by atoms with Crippen LogP contribution in [0.4, 0.5) is 11.4 Å². The van der Waals surface area contributed by atoms with Crippen molar-refractivity contribution in [2.45, 2.75) is 0 Å². The first kappa shape index (κ1) is 15.9. The summed E-state index contributed by atoms with van der Waals surface area (Å²) in [7, 11) is -3.55. The lowest BCUT2D eigenvalue weighted by Crippen LogP contribution is -2.12. The SMILES string of the molecule is CS(=O)(=O)Nc1cc2occ(N)c(=O)c2cc1Oc1ccccc1. The van der Waals surface area contributed by atoms with Crippen LogP contribution in [-0.4, -0.2) is 14.7 Å². The van der Waals surface area contributed by atoms with Crippen molar-refractivity contribution in [3.63, 3.8) is 0 Å². The first-order chi connectivity index (χ1) is 11.3. The van der Waals surface area contributed by atoms with Crippen molar-refractivity contribution >= 4 is 32.4 Å². The van der Waals surface area contributed by atoms with Crippen LogP contribution in [0, 0.1) is 0 Å². The lowest BCUT2D eigenvalue weighted by atomic mass is 10.2. The van der Waals surface area contributed by atoms with Crippen molar-refractivity contribution < 1.29 is 17.6 Å². The van der Waals surface area contributed by atoms with Crippen molar-refractivity contribution in [1.82, 2.24) is 0 Å². The van der Waals surface area contributed by atoms with Gasteiger partial charge in [0.25, 0.3) is 0 Å². The van der Waals surface area contributed by atoms with Gasteiger partial charge in [-0.2, -0.15) is 0 Å². The molecule has 0 amide bonds. The van der Waals surface area contributed by atoms with Gasteiger partial charge in [0, 0.05) is 6.07 Å². The molecule has 0 unspecified atom stereocenters. The maximum atomic E-state index is 12.2. The van der Waals surface area contributed by atoms with E-state index < -0.39 is 15.5 Å². The van der Waals surface area contributed by atoms with E-state index in [4.69, 9.17) is 14.9 Å². The molecule has 0 aliphatic rings. The van der Waals surface area contributed by atoms with Gasteiger partial charge in [0.1, 0.15) is 23.3 Å². The van der Waals surface area contributed by atoms with E-state index in [0.29, 0.717) is 5.75 Å². The van der Waals surface area contributed by atoms with Crippen LogP contribution in [0.2, 0.25) is 0 Å². The highest BCUT2D eigenvalue weighted by molar-refractivity contribution is 7.92. The Morgan fingerprint density at radius 2 is 1.88 bits per heavy atom. The molecular formula is C16H14N2O5S. The molecule has 24 heavy (non-hydrogen) atoms. The van der Waals surface area contributed by atoms with Crippen LogP contribution in [0.15, 0.2) is 57.9 Å². The van der Waals surface area contributed by atoms with Gasteiger partial charge >= 0.3 is 0 Å². The average molecular weight is 346 g/mol. The van der Waals surface area contributed by atoms with Gasteiger partial charge in [0.05, 0.1) is 17.3 Å². The first-order valence-corrected chi connectivity index (χ1v) is 8.78. The normalized spacial score (nSPS) is 11.4. The zero-order chi connectivity index (χ0) is 17.3. The Balaban J connectivity index is 2.20. The minimum atomic E-state index is -3.55. The minimum absolute atomic E-state index is 0.0445. The monoisotopic (exact) mass is 346 g/mol. The van der Waals surface area contributed by atoms with E-state index in [2.05, 4.69) is 4.72 Å². The molecule has 0 spiro atoms. The van der Waals surface area contributed by atoms with Gasteiger partial charge in [-0.3, -0.25) is 9.52 Å². The largest absolute Gasteiger partial charge is 0.462 e. The maximum Gasteiger partial charge on any atom is 0.229 e. The van der Waals surface area contributed by atoms with E-state index in [9.17, 15) is 13.2 Å². The third-order valence-corrected chi connectivity index (χ3v) is 3.76. The molecule has 3 rings (SSSR count). The van der Waals surface area contributed by atoms with Crippen LogP contribution in [-0.2, 0) is 10.0 Å². The third-order valence-electron chi connectivity index (χ3n) is 3.17. The highest BCUT2D eigenvalue weighted by Crippen LogP contribution is 2.33. The molecular weight excluding hydrogens is 332 g/mol. The molecule has 8 heteroatoms. The van der Waals surface area contributed by atoms with Gasteiger partial charge in [0.15, 0.2) is 5.75 Å². The van der Waals surface area contributed by atoms with Crippen LogP contribution in [0.5, 0.6) is 11.5 Å². The van der Waals surface area contributed by atoms with E-state index >= 15 is 0 Å². The smallest absolute Gasteiger partial charge is 0.229 e. The Bertz CT molecular complexity index is 1060. The fraction of sp³-hybridized carbons (Fsp3) is 0.0625. The lowest BCUT2D eigenvalue weighted by molar-refractivity contribution is 0.485. The molecule has 3 N–H and O–H groups in total. The summed E-state index contributed by atoms with van der Waals surface area (Å²) in [4.78, 5) is 12.2. The Morgan fingerprint density at radius 3 is 2.54 bits per heavy atom.